The third kappa shape index (κ3) is 2.92. The van der Waals surface area contributed by atoms with Gasteiger partial charge in [-0.05, 0) is 61.8 Å². The van der Waals surface area contributed by atoms with E-state index < -0.39 is 5.60 Å². The normalized spacial score (nSPS) is 29.0. The molecule has 0 spiro atoms. The zero-order valence-electron chi connectivity index (χ0n) is 11.4. The van der Waals surface area contributed by atoms with Crippen molar-refractivity contribution in [2.45, 2.75) is 58.0 Å². The largest absolute Gasteiger partial charge is 0.385 e. The van der Waals surface area contributed by atoms with E-state index >= 15 is 0 Å². The lowest BCUT2D eigenvalue weighted by atomic mass is 9.85. The highest BCUT2D eigenvalue weighted by molar-refractivity contribution is 5.28. The molecule has 18 heavy (non-hydrogen) atoms. The first-order valence-corrected chi connectivity index (χ1v) is 7.03. The molecular weight excluding hydrogens is 227 g/mol. The lowest BCUT2D eigenvalue weighted by molar-refractivity contribution is 0.0193. The molecule has 1 aromatic carbocycles. The van der Waals surface area contributed by atoms with Crippen molar-refractivity contribution in [3.8, 4) is 0 Å². The summed E-state index contributed by atoms with van der Waals surface area (Å²) in [6.45, 7) is 4.09. The Labute approximate surface area is 109 Å². The molecule has 0 amide bonds. The van der Waals surface area contributed by atoms with Crippen molar-refractivity contribution in [3.63, 3.8) is 0 Å². The number of hydrogen-bond donors (Lipinski definition) is 1. The van der Waals surface area contributed by atoms with Crippen LogP contribution in [0.1, 0.15) is 56.6 Å². The minimum absolute atomic E-state index is 0.241. The van der Waals surface area contributed by atoms with Crippen molar-refractivity contribution >= 4 is 0 Å². The molecule has 0 heterocycles. The first-order chi connectivity index (χ1) is 8.53. The molecular formula is C16H23FO. The summed E-state index contributed by atoms with van der Waals surface area (Å²) in [6.07, 6.45) is 5.96. The van der Waals surface area contributed by atoms with Gasteiger partial charge in [-0.15, -0.1) is 0 Å². The van der Waals surface area contributed by atoms with E-state index in [1.54, 1.807) is 0 Å². The number of benzene rings is 1. The van der Waals surface area contributed by atoms with Crippen LogP contribution in [0.25, 0.3) is 0 Å². The van der Waals surface area contributed by atoms with Crippen LogP contribution in [0.3, 0.4) is 0 Å². The second-order valence-electron chi connectivity index (χ2n) is 5.75. The average Bonchev–Trinajstić information content (AvgIpc) is 2.51. The molecule has 1 aliphatic carbocycles. The van der Waals surface area contributed by atoms with Crippen molar-refractivity contribution in [1.29, 1.82) is 0 Å². The van der Waals surface area contributed by atoms with E-state index in [-0.39, 0.29) is 5.82 Å². The lowest BCUT2D eigenvalue weighted by Gasteiger charge is -2.27. The summed E-state index contributed by atoms with van der Waals surface area (Å²) in [5.74, 6) is 0.475. The van der Waals surface area contributed by atoms with Gasteiger partial charge in [0.1, 0.15) is 5.82 Å². The molecule has 0 saturated heterocycles. The number of hydrogen-bond acceptors (Lipinski definition) is 1. The number of aryl methyl sites for hydroxylation is 1. The third-order valence-electron chi connectivity index (χ3n) is 4.33. The van der Waals surface area contributed by atoms with Crippen molar-refractivity contribution in [1.82, 2.24) is 0 Å². The monoisotopic (exact) mass is 250 g/mol. The zero-order valence-corrected chi connectivity index (χ0v) is 11.4. The topological polar surface area (TPSA) is 20.2 Å². The summed E-state index contributed by atoms with van der Waals surface area (Å²) >= 11 is 0. The fourth-order valence-corrected chi connectivity index (χ4v) is 3.10. The van der Waals surface area contributed by atoms with Gasteiger partial charge in [-0.25, -0.2) is 4.39 Å². The van der Waals surface area contributed by atoms with Crippen molar-refractivity contribution in [3.05, 3.63) is 35.1 Å². The molecule has 1 aliphatic rings. The van der Waals surface area contributed by atoms with Crippen LogP contribution in [0.5, 0.6) is 0 Å². The highest BCUT2D eigenvalue weighted by Crippen LogP contribution is 2.39. The molecule has 2 unspecified atom stereocenters. The number of aliphatic hydroxyl groups is 1. The van der Waals surface area contributed by atoms with Crippen molar-refractivity contribution < 1.29 is 9.50 Å². The second-order valence-corrected chi connectivity index (χ2v) is 5.75. The van der Waals surface area contributed by atoms with E-state index in [9.17, 15) is 9.50 Å². The van der Waals surface area contributed by atoms with Crippen LogP contribution in [-0.2, 0) is 5.60 Å². The van der Waals surface area contributed by atoms with Gasteiger partial charge in [0.15, 0.2) is 0 Å². The minimum Gasteiger partial charge on any atom is -0.385 e. The summed E-state index contributed by atoms with van der Waals surface area (Å²) in [4.78, 5) is 0. The average molecular weight is 250 g/mol. The quantitative estimate of drug-likeness (QED) is 0.775. The van der Waals surface area contributed by atoms with Gasteiger partial charge >= 0.3 is 0 Å². The predicted molar refractivity (Wildman–Crippen MR) is 71.9 cm³/mol. The molecule has 100 valence electrons. The zero-order chi connectivity index (χ0) is 13.2. The summed E-state index contributed by atoms with van der Waals surface area (Å²) in [6, 6.07) is 4.94. The van der Waals surface area contributed by atoms with Crippen LogP contribution < -0.4 is 0 Å². The first-order valence-electron chi connectivity index (χ1n) is 7.03. The van der Waals surface area contributed by atoms with Crippen LogP contribution in [0.2, 0.25) is 0 Å². The Balaban J connectivity index is 2.24. The summed E-state index contributed by atoms with van der Waals surface area (Å²) in [5, 5.41) is 10.8. The highest BCUT2D eigenvalue weighted by Gasteiger charge is 2.32. The Morgan fingerprint density at radius 3 is 2.72 bits per heavy atom. The molecule has 1 nitrogen and oxygen atoms in total. The van der Waals surface area contributed by atoms with Gasteiger partial charge in [0.05, 0.1) is 5.60 Å². The summed E-state index contributed by atoms with van der Waals surface area (Å²) < 4.78 is 13.5. The molecule has 0 radical (unpaired) electrons. The maximum absolute atomic E-state index is 13.5. The Kier molecular flexibility index (Phi) is 4.06. The van der Waals surface area contributed by atoms with Crippen LogP contribution >= 0.6 is 0 Å². The Bertz CT molecular complexity index is 395. The molecule has 2 atom stereocenters. The first kappa shape index (κ1) is 13.5. The summed E-state index contributed by atoms with van der Waals surface area (Å²) in [5.41, 5.74) is 0.822. The van der Waals surface area contributed by atoms with Gasteiger partial charge < -0.3 is 5.11 Å². The van der Waals surface area contributed by atoms with Crippen LogP contribution in [0, 0.1) is 18.7 Å². The lowest BCUT2D eigenvalue weighted by Crippen LogP contribution is -2.25. The van der Waals surface area contributed by atoms with E-state index in [4.69, 9.17) is 0 Å². The Morgan fingerprint density at radius 1 is 1.28 bits per heavy atom. The number of rotatable bonds is 2. The van der Waals surface area contributed by atoms with Crippen LogP contribution in [0.15, 0.2) is 18.2 Å². The molecule has 2 rings (SSSR count). The smallest absolute Gasteiger partial charge is 0.123 e. The van der Waals surface area contributed by atoms with E-state index in [0.29, 0.717) is 5.92 Å². The predicted octanol–water partition coefficient (Wildman–Crippen LogP) is 4.31. The molecule has 1 aromatic rings. The number of halogens is 1. The third-order valence-corrected chi connectivity index (χ3v) is 4.33. The van der Waals surface area contributed by atoms with E-state index in [1.165, 1.54) is 25.0 Å². The van der Waals surface area contributed by atoms with Crippen LogP contribution in [0.4, 0.5) is 4.39 Å². The van der Waals surface area contributed by atoms with E-state index in [0.717, 1.165) is 36.8 Å². The SMILES string of the molecule is CCC1CCCC(O)(c2cc(C)cc(F)c2)CC1. The molecule has 1 saturated carbocycles. The van der Waals surface area contributed by atoms with Gasteiger partial charge in [0.2, 0.25) is 0 Å². The second kappa shape index (κ2) is 5.40. The maximum atomic E-state index is 13.5. The Hall–Kier alpha value is -0.890. The van der Waals surface area contributed by atoms with Crippen molar-refractivity contribution in [2.75, 3.05) is 0 Å². The maximum Gasteiger partial charge on any atom is 0.123 e. The highest BCUT2D eigenvalue weighted by atomic mass is 19.1. The molecule has 2 heteroatoms. The van der Waals surface area contributed by atoms with Gasteiger partial charge in [0.25, 0.3) is 0 Å². The Morgan fingerprint density at radius 2 is 2.06 bits per heavy atom. The molecule has 0 aliphatic heterocycles. The van der Waals surface area contributed by atoms with Gasteiger partial charge in [-0.3, -0.25) is 0 Å². The minimum atomic E-state index is -0.823. The fraction of sp³-hybridized carbons (Fsp3) is 0.625. The van der Waals surface area contributed by atoms with E-state index in [2.05, 4.69) is 6.92 Å². The fourth-order valence-electron chi connectivity index (χ4n) is 3.10. The van der Waals surface area contributed by atoms with Gasteiger partial charge in [-0.1, -0.05) is 25.8 Å². The molecule has 1 fully saturated rings. The van der Waals surface area contributed by atoms with E-state index in [1.807, 2.05) is 13.0 Å². The van der Waals surface area contributed by atoms with Gasteiger partial charge in [0, 0.05) is 0 Å². The molecule has 1 N–H and O–H groups in total. The van der Waals surface area contributed by atoms with Crippen molar-refractivity contribution in [2.24, 2.45) is 5.92 Å². The standard InChI is InChI=1S/C16H23FO/c1-3-13-5-4-7-16(18,8-6-13)14-9-12(2)10-15(17)11-14/h9-11,13,18H,3-8H2,1-2H3. The molecule has 0 aromatic heterocycles. The van der Waals surface area contributed by atoms with Crippen LogP contribution in [-0.4, -0.2) is 5.11 Å². The van der Waals surface area contributed by atoms with Gasteiger partial charge in [-0.2, -0.15) is 0 Å². The molecule has 0 bridgehead atoms. The summed E-state index contributed by atoms with van der Waals surface area (Å²) in [7, 11) is 0.